The van der Waals surface area contributed by atoms with Gasteiger partial charge in [-0.3, -0.25) is 0 Å². The summed E-state index contributed by atoms with van der Waals surface area (Å²) in [6, 6.07) is 8.82. The number of ether oxygens (including phenoxy) is 2. The van der Waals surface area contributed by atoms with Crippen LogP contribution in [0.4, 0.5) is 0 Å². The Morgan fingerprint density at radius 3 is 2.82 bits per heavy atom. The highest BCUT2D eigenvalue weighted by atomic mass is 16.6. The van der Waals surface area contributed by atoms with Gasteiger partial charge in [0.25, 0.3) is 0 Å². The molecule has 2 unspecified atom stereocenters. The van der Waals surface area contributed by atoms with Gasteiger partial charge in [0.2, 0.25) is 0 Å². The Hall–Kier alpha value is -1.39. The average molecular weight is 236 g/mol. The second-order valence-electron chi connectivity index (χ2n) is 4.56. The number of carbonyl (C=O) groups excluding carboxylic acids is 1. The second kappa shape index (κ2) is 4.85. The molecule has 0 spiro atoms. The van der Waals surface area contributed by atoms with Crippen LogP contribution in [0.3, 0.4) is 0 Å². The number of aliphatic hydroxyl groups excluding tert-OH is 1. The van der Waals surface area contributed by atoms with E-state index in [1.807, 2.05) is 13.0 Å². The van der Waals surface area contributed by atoms with Crippen LogP contribution in [0, 0.1) is 0 Å². The van der Waals surface area contributed by atoms with E-state index in [0.29, 0.717) is 18.6 Å². The molecular weight excluding hydrogens is 220 g/mol. The Bertz CT molecular complexity index is 390. The summed E-state index contributed by atoms with van der Waals surface area (Å²) >= 11 is 0. The first-order valence-electron chi connectivity index (χ1n) is 5.63. The van der Waals surface area contributed by atoms with Crippen LogP contribution in [0.15, 0.2) is 30.3 Å². The van der Waals surface area contributed by atoms with Crippen molar-refractivity contribution in [2.75, 3.05) is 13.2 Å². The van der Waals surface area contributed by atoms with Crippen molar-refractivity contribution in [2.24, 2.45) is 0 Å². The van der Waals surface area contributed by atoms with E-state index in [2.05, 4.69) is 0 Å². The third kappa shape index (κ3) is 3.05. The van der Waals surface area contributed by atoms with Crippen molar-refractivity contribution in [1.29, 1.82) is 0 Å². The lowest BCUT2D eigenvalue weighted by Crippen LogP contribution is -2.31. The maximum atomic E-state index is 11.7. The quantitative estimate of drug-likeness (QED) is 0.806. The van der Waals surface area contributed by atoms with Crippen LogP contribution in [0.25, 0.3) is 0 Å². The van der Waals surface area contributed by atoms with Crippen molar-refractivity contribution < 1.29 is 19.4 Å². The first kappa shape index (κ1) is 12.1. The molecule has 1 N–H and O–H groups in total. The van der Waals surface area contributed by atoms with Crippen LogP contribution < -0.4 is 0 Å². The van der Waals surface area contributed by atoms with E-state index < -0.39 is 11.7 Å². The number of hydrogen-bond donors (Lipinski definition) is 1. The molecule has 2 rings (SSSR count). The molecule has 1 aromatic rings. The zero-order chi connectivity index (χ0) is 12.3. The number of aliphatic hydroxyl groups is 1. The monoisotopic (exact) mass is 236 g/mol. The summed E-state index contributed by atoms with van der Waals surface area (Å²) in [4.78, 5) is 11.7. The highest BCUT2D eigenvalue weighted by Gasteiger charge is 2.36. The molecule has 0 aromatic heterocycles. The Balaban J connectivity index is 1.89. The third-order valence-corrected chi connectivity index (χ3v) is 2.81. The molecule has 92 valence electrons. The van der Waals surface area contributed by atoms with Crippen molar-refractivity contribution >= 4 is 5.97 Å². The van der Waals surface area contributed by atoms with Gasteiger partial charge in [-0.1, -0.05) is 18.2 Å². The van der Waals surface area contributed by atoms with Crippen molar-refractivity contribution in [1.82, 2.24) is 0 Å². The van der Waals surface area contributed by atoms with E-state index in [1.165, 1.54) is 0 Å². The molecule has 0 radical (unpaired) electrons. The molecule has 4 nitrogen and oxygen atoms in total. The molecule has 1 aromatic carbocycles. The van der Waals surface area contributed by atoms with E-state index in [1.54, 1.807) is 24.3 Å². The standard InChI is InChI=1S/C13H16O4/c1-13(7-11(14)8-17-13)9-16-12(15)10-5-3-2-4-6-10/h2-6,11,14H,7-9H2,1H3. The van der Waals surface area contributed by atoms with Gasteiger partial charge < -0.3 is 14.6 Å². The smallest absolute Gasteiger partial charge is 0.338 e. The summed E-state index contributed by atoms with van der Waals surface area (Å²) in [5, 5.41) is 9.38. The van der Waals surface area contributed by atoms with Crippen LogP contribution in [0.5, 0.6) is 0 Å². The number of benzene rings is 1. The summed E-state index contributed by atoms with van der Waals surface area (Å²) < 4.78 is 10.6. The second-order valence-corrected chi connectivity index (χ2v) is 4.56. The van der Waals surface area contributed by atoms with Gasteiger partial charge in [-0.25, -0.2) is 4.79 Å². The fraction of sp³-hybridized carbons (Fsp3) is 0.462. The third-order valence-electron chi connectivity index (χ3n) is 2.81. The van der Waals surface area contributed by atoms with E-state index in [9.17, 15) is 9.90 Å². The zero-order valence-electron chi connectivity index (χ0n) is 9.76. The maximum Gasteiger partial charge on any atom is 0.338 e. The first-order valence-corrected chi connectivity index (χ1v) is 5.63. The van der Waals surface area contributed by atoms with Gasteiger partial charge in [0.15, 0.2) is 0 Å². The summed E-state index contributed by atoms with van der Waals surface area (Å²) in [6.45, 7) is 2.30. The van der Waals surface area contributed by atoms with Crippen molar-refractivity contribution in [3.8, 4) is 0 Å². The van der Waals surface area contributed by atoms with Crippen LogP contribution in [-0.4, -0.2) is 36.0 Å². The van der Waals surface area contributed by atoms with Crippen LogP contribution >= 0.6 is 0 Å². The van der Waals surface area contributed by atoms with Crippen molar-refractivity contribution in [3.63, 3.8) is 0 Å². The van der Waals surface area contributed by atoms with Crippen LogP contribution in [-0.2, 0) is 9.47 Å². The summed E-state index contributed by atoms with van der Waals surface area (Å²) in [5.74, 6) is -0.364. The molecule has 1 saturated heterocycles. The predicted molar refractivity (Wildman–Crippen MR) is 61.7 cm³/mol. The molecule has 2 atom stereocenters. The molecule has 4 heteroatoms. The Morgan fingerprint density at radius 2 is 2.24 bits per heavy atom. The lowest BCUT2D eigenvalue weighted by atomic mass is 10.0. The zero-order valence-corrected chi connectivity index (χ0v) is 9.76. The van der Waals surface area contributed by atoms with E-state index in [4.69, 9.17) is 9.47 Å². The number of carbonyl (C=O) groups is 1. The van der Waals surface area contributed by atoms with Gasteiger partial charge in [-0.2, -0.15) is 0 Å². The fourth-order valence-electron chi connectivity index (χ4n) is 1.89. The minimum absolute atomic E-state index is 0.164. The lowest BCUT2D eigenvalue weighted by molar-refractivity contribution is -0.0386. The normalized spacial score (nSPS) is 28.0. The van der Waals surface area contributed by atoms with E-state index >= 15 is 0 Å². The number of hydrogen-bond acceptors (Lipinski definition) is 4. The molecule has 0 saturated carbocycles. The molecule has 0 aliphatic carbocycles. The number of esters is 1. The lowest BCUT2D eigenvalue weighted by Gasteiger charge is -2.22. The van der Waals surface area contributed by atoms with Crippen LogP contribution in [0.1, 0.15) is 23.7 Å². The SMILES string of the molecule is CC1(COC(=O)c2ccccc2)CC(O)CO1. The van der Waals surface area contributed by atoms with Crippen molar-refractivity contribution in [3.05, 3.63) is 35.9 Å². The Labute approximate surface area is 100 Å². The fourth-order valence-corrected chi connectivity index (χ4v) is 1.89. The van der Waals surface area contributed by atoms with Gasteiger partial charge in [0.1, 0.15) is 12.2 Å². The highest BCUT2D eigenvalue weighted by Crippen LogP contribution is 2.25. The Morgan fingerprint density at radius 1 is 1.53 bits per heavy atom. The summed E-state index contributed by atoms with van der Waals surface area (Å²) in [5.41, 5.74) is -0.0428. The van der Waals surface area contributed by atoms with Crippen molar-refractivity contribution in [2.45, 2.75) is 25.0 Å². The molecule has 1 heterocycles. The van der Waals surface area contributed by atoms with E-state index in [-0.39, 0.29) is 12.6 Å². The number of rotatable bonds is 3. The summed E-state index contributed by atoms with van der Waals surface area (Å²) in [7, 11) is 0. The molecule has 1 fully saturated rings. The molecular formula is C13H16O4. The minimum atomic E-state index is -0.566. The van der Waals surface area contributed by atoms with Gasteiger partial charge in [-0.05, 0) is 19.1 Å². The van der Waals surface area contributed by atoms with Crippen LogP contribution in [0.2, 0.25) is 0 Å². The van der Waals surface area contributed by atoms with Gasteiger partial charge in [0.05, 0.1) is 18.3 Å². The Kier molecular flexibility index (Phi) is 3.45. The highest BCUT2D eigenvalue weighted by molar-refractivity contribution is 5.89. The maximum absolute atomic E-state index is 11.7. The molecule has 17 heavy (non-hydrogen) atoms. The predicted octanol–water partition coefficient (Wildman–Crippen LogP) is 1.38. The molecule has 1 aliphatic heterocycles. The van der Waals surface area contributed by atoms with Gasteiger partial charge >= 0.3 is 5.97 Å². The average Bonchev–Trinajstić information content (AvgIpc) is 2.68. The summed E-state index contributed by atoms with van der Waals surface area (Å²) in [6.07, 6.45) is 0.0325. The molecule has 1 aliphatic rings. The van der Waals surface area contributed by atoms with E-state index in [0.717, 1.165) is 0 Å². The first-order chi connectivity index (χ1) is 8.09. The molecule has 0 bridgehead atoms. The van der Waals surface area contributed by atoms with Gasteiger partial charge in [-0.15, -0.1) is 0 Å². The van der Waals surface area contributed by atoms with Gasteiger partial charge in [0, 0.05) is 6.42 Å². The topological polar surface area (TPSA) is 55.8 Å². The minimum Gasteiger partial charge on any atom is -0.459 e. The largest absolute Gasteiger partial charge is 0.459 e. The molecule has 0 amide bonds.